The van der Waals surface area contributed by atoms with Crippen molar-refractivity contribution in [1.29, 1.82) is 0 Å². The van der Waals surface area contributed by atoms with E-state index in [9.17, 15) is 0 Å². The Bertz CT molecular complexity index is 915. The van der Waals surface area contributed by atoms with Crippen molar-refractivity contribution in [2.75, 3.05) is 17.8 Å². The predicted molar refractivity (Wildman–Crippen MR) is 106 cm³/mol. The molecule has 0 atom stereocenters. The van der Waals surface area contributed by atoms with Crippen molar-refractivity contribution in [3.8, 4) is 11.5 Å². The van der Waals surface area contributed by atoms with Crippen LogP contribution < -0.4 is 20.6 Å². The minimum Gasteiger partial charge on any atom is -0.490 e. The van der Waals surface area contributed by atoms with Gasteiger partial charge in [0.05, 0.1) is 13.2 Å². The first-order valence-electron chi connectivity index (χ1n) is 8.48. The van der Waals surface area contributed by atoms with E-state index in [2.05, 4.69) is 55.9 Å². The summed E-state index contributed by atoms with van der Waals surface area (Å²) >= 11 is 3.59. The highest BCUT2D eigenvalue weighted by Crippen LogP contribution is 2.34. The van der Waals surface area contributed by atoms with Gasteiger partial charge in [0.15, 0.2) is 11.5 Å². The molecule has 0 radical (unpaired) electrons. The second-order valence-electron chi connectivity index (χ2n) is 5.88. The molecular formula is C18H21BrN6O2. The van der Waals surface area contributed by atoms with Crippen LogP contribution in [0.1, 0.15) is 23.6 Å². The minimum absolute atomic E-state index is 0.189. The van der Waals surface area contributed by atoms with Crippen molar-refractivity contribution in [2.24, 2.45) is 0 Å². The maximum atomic E-state index is 6.00. The number of ether oxygens (including phenoxy) is 2. The molecule has 8 nitrogen and oxygen atoms in total. The van der Waals surface area contributed by atoms with E-state index in [1.807, 2.05) is 31.2 Å². The van der Waals surface area contributed by atoms with Gasteiger partial charge in [-0.05, 0) is 47.5 Å². The van der Waals surface area contributed by atoms with Crippen LogP contribution in [0, 0.1) is 6.92 Å². The first kappa shape index (κ1) is 19.0. The molecule has 2 aromatic carbocycles. The Hall–Kier alpha value is -2.81. The van der Waals surface area contributed by atoms with Crippen LogP contribution in [-0.4, -0.2) is 26.9 Å². The molecule has 0 fully saturated rings. The van der Waals surface area contributed by atoms with Gasteiger partial charge in [-0.25, -0.2) is 0 Å². The fourth-order valence-electron chi connectivity index (χ4n) is 2.52. The Labute approximate surface area is 165 Å². The lowest BCUT2D eigenvalue weighted by Gasteiger charge is -2.16. The van der Waals surface area contributed by atoms with Crippen molar-refractivity contribution in [3.63, 3.8) is 0 Å². The van der Waals surface area contributed by atoms with Crippen LogP contribution in [0.3, 0.4) is 0 Å². The number of tetrazole rings is 1. The minimum atomic E-state index is 0.189. The number of nitrogens with zero attached hydrogens (tertiary/aromatic N) is 4. The first-order valence-corrected chi connectivity index (χ1v) is 9.27. The van der Waals surface area contributed by atoms with Crippen LogP contribution in [-0.2, 0) is 13.2 Å². The van der Waals surface area contributed by atoms with Crippen LogP contribution in [0.4, 0.5) is 5.95 Å². The molecule has 1 heterocycles. The molecule has 27 heavy (non-hydrogen) atoms. The number of nitrogens with one attached hydrogen (secondary N) is 1. The Balaban J connectivity index is 1.75. The van der Waals surface area contributed by atoms with Crippen molar-refractivity contribution >= 4 is 21.9 Å². The molecule has 0 saturated heterocycles. The van der Waals surface area contributed by atoms with Gasteiger partial charge in [-0.2, -0.15) is 0 Å². The number of aromatic nitrogens is 4. The first-order chi connectivity index (χ1) is 13.1. The third-order valence-corrected chi connectivity index (χ3v) is 4.54. The maximum absolute atomic E-state index is 6.00. The predicted octanol–water partition coefficient (Wildman–Crippen LogP) is 3.05. The molecular weight excluding hydrogens is 412 g/mol. The van der Waals surface area contributed by atoms with Crippen molar-refractivity contribution in [3.05, 3.63) is 57.6 Å². The highest BCUT2D eigenvalue weighted by Gasteiger charge is 2.12. The van der Waals surface area contributed by atoms with E-state index in [1.54, 1.807) is 0 Å². The second kappa shape index (κ2) is 8.72. The zero-order valence-corrected chi connectivity index (χ0v) is 16.7. The normalized spacial score (nSPS) is 10.6. The van der Waals surface area contributed by atoms with Crippen molar-refractivity contribution in [1.82, 2.24) is 20.3 Å². The van der Waals surface area contributed by atoms with Gasteiger partial charge in [0, 0.05) is 4.47 Å². The summed E-state index contributed by atoms with van der Waals surface area (Å²) in [7, 11) is 0. The van der Waals surface area contributed by atoms with E-state index < -0.39 is 0 Å². The monoisotopic (exact) mass is 432 g/mol. The lowest BCUT2D eigenvalue weighted by molar-refractivity contribution is 0.269. The topological polar surface area (TPSA) is 100 Å². The van der Waals surface area contributed by atoms with Crippen LogP contribution in [0.15, 0.2) is 40.9 Å². The second-order valence-corrected chi connectivity index (χ2v) is 6.74. The lowest BCUT2D eigenvalue weighted by Crippen LogP contribution is -2.18. The Morgan fingerprint density at radius 1 is 1.19 bits per heavy atom. The number of aryl methyl sites for hydroxylation is 1. The fraction of sp³-hybridized carbons (Fsp3) is 0.278. The van der Waals surface area contributed by atoms with Crippen molar-refractivity contribution < 1.29 is 9.47 Å². The number of rotatable bonds is 8. The van der Waals surface area contributed by atoms with Gasteiger partial charge in [0.1, 0.15) is 6.61 Å². The van der Waals surface area contributed by atoms with E-state index in [-0.39, 0.29) is 5.95 Å². The molecule has 3 rings (SSSR count). The van der Waals surface area contributed by atoms with Gasteiger partial charge in [0.2, 0.25) is 0 Å². The van der Waals surface area contributed by atoms with E-state index >= 15 is 0 Å². The van der Waals surface area contributed by atoms with Gasteiger partial charge in [-0.15, -0.1) is 4.79 Å². The van der Waals surface area contributed by atoms with Gasteiger partial charge < -0.3 is 20.6 Å². The average Bonchev–Trinajstić information content (AvgIpc) is 3.05. The number of hydrogen-bond donors (Lipinski definition) is 2. The summed E-state index contributed by atoms with van der Waals surface area (Å²) < 4.78 is 12.6. The fourth-order valence-corrected chi connectivity index (χ4v) is 2.99. The molecule has 3 aromatic rings. The molecule has 9 heteroatoms. The quantitative estimate of drug-likeness (QED) is 0.563. The number of halogens is 1. The smallest absolute Gasteiger partial charge is 0.260 e. The number of hydrogen-bond acceptors (Lipinski definition) is 7. The molecule has 0 aliphatic heterocycles. The van der Waals surface area contributed by atoms with Gasteiger partial charge >= 0.3 is 0 Å². The van der Waals surface area contributed by atoms with Gasteiger partial charge in [-0.3, -0.25) is 0 Å². The number of nitrogens with two attached hydrogens (primary N) is 1. The summed E-state index contributed by atoms with van der Waals surface area (Å²) in [6.07, 6.45) is 0. The highest BCUT2D eigenvalue weighted by molar-refractivity contribution is 9.10. The zero-order valence-electron chi connectivity index (χ0n) is 15.1. The molecule has 0 bridgehead atoms. The van der Waals surface area contributed by atoms with E-state index in [4.69, 9.17) is 15.2 Å². The largest absolute Gasteiger partial charge is 0.490 e. The van der Waals surface area contributed by atoms with Gasteiger partial charge in [0.25, 0.3) is 5.95 Å². The Morgan fingerprint density at radius 2 is 2.00 bits per heavy atom. The van der Waals surface area contributed by atoms with Crippen molar-refractivity contribution in [2.45, 2.75) is 27.0 Å². The number of nitrogen functional groups attached to an aromatic ring is 1. The van der Waals surface area contributed by atoms with E-state index in [1.165, 1.54) is 10.4 Å². The maximum Gasteiger partial charge on any atom is 0.260 e. The average molecular weight is 433 g/mol. The molecule has 0 aliphatic carbocycles. The molecule has 0 unspecified atom stereocenters. The number of benzene rings is 2. The Morgan fingerprint density at radius 3 is 2.70 bits per heavy atom. The SMILES string of the molecule is CCOc1cc(CNn2nnnc2N)c(Br)cc1OCc1cccc(C)c1. The van der Waals surface area contributed by atoms with E-state index in [0.29, 0.717) is 31.3 Å². The summed E-state index contributed by atoms with van der Waals surface area (Å²) in [6, 6.07) is 12.0. The standard InChI is InChI=1S/C18H21BrN6O2/c1-3-26-16-8-14(10-21-25-18(20)22-23-24-25)15(19)9-17(16)27-11-13-6-4-5-12(2)7-13/h4-9,21H,3,10-11H2,1-2H3,(H2,20,22,24). The summed E-state index contributed by atoms with van der Waals surface area (Å²) in [6.45, 7) is 5.45. The molecule has 3 N–H and O–H groups in total. The third-order valence-electron chi connectivity index (χ3n) is 3.80. The van der Waals surface area contributed by atoms with Crippen LogP contribution in [0.5, 0.6) is 11.5 Å². The number of anilines is 1. The third kappa shape index (κ3) is 4.88. The van der Waals surface area contributed by atoms with E-state index in [0.717, 1.165) is 15.6 Å². The summed E-state index contributed by atoms with van der Waals surface area (Å²) in [4.78, 5) is 1.31. The van der Waals surface area contributed by atoms with Crippen LogP contribution >= 0.6 is 15.9 Å². The zero-order chi connectivity index (χ0) is 19.2. The van der Waals surface area contributed by atoms with Gasteiger partial charge in [-0.1, -0.05) is 50.9 Å². The summed E-state index contributed by atoms with van der Waals surface area (Å²) in [5, 5.41) is 10.9. The summed E-state index contributed by atoms with van der Waals surface area (Å²) in [5.41, 5.74) is 11.9. The summed E-state index contributed by atoms with van der Waals surface area (Å²) in [5.74, 6) is 1.54. The van der Waals surface area contributed by atoms with Crippen LogP contribution in [0.25, 0.3) is 0 Å². The molecule has 142 valence electrons. The van der Waals surface area contributed by atoms with Crippen LogP contribution in [0.2, 0.25) is 0 Å². The Kier molecular flexibility index (Phi) is 6.12. The molecule has 0 spiro atoms. The highest BCUT2D eigenvalue weighted by atomic mass is 79.9. The molecule has 0 amide bonds. The molecule has 0 saturated carbocycles. The lowest BCUT2D eigenvalue weighted by atomic mass is 10.1. The molecule has 0 aliphatic rings. The molecule has 1 aromatic heterocycles.